The van der Waals surface area contributed by atoms with Crippen LogP contribution >= 0.6 is 0 Å². The highest BCUT2D eigenvalue weighted by molar-refractivity contribution is 5.80. The lowest BCUT2D eigenvalue weighted by molar-refractivity contribution is -0.127. The second-order valence-electron chi connectivity index (χ2n) is 5.08. The third-order valence-corrected chi connectivity index (χ3v) is 3.06. The Morgan fingerprint density at radius 3 is 2.52 bits per heavy atom. The average molecular weight is 295 g/mol. The lowest BCUT2D eigenvalue weighted by Gasteiger charge is -2.15. The number of rotatable bonds is 9. The lowest BCUT2D eigenvalue weighted by Crippen LogP contribution is -2.37. The molecule has 0 saturated carbocycles. The average Bonchev–Trinajstić information content (AvgIpc) is 2.46. The first kappa shape index (κ1) is 17.5. The molecule has 0 fully saturated rings. The number of benzene rings is 1. The summed E-state index contributed by atoms with van der Waals surface area (Å²) in [5.41, 5.74) is 1.14. The van der Waals surface area contributed by atoms with Crippen LogP contribution in [0, 0.1) is 0 Å². The van der Waals surface area contributed by atoms with Crippen molar-refractivity contribution in [3.63, 3.8) is 0 Å². The van der Waals surface area contributed by atoms with Crippen molar-refractivity contribution in [2.45, 2.75) is 38.9 Å². The largest absolute Gasteiger partial charge is 0.481 e. The molecule has 0 aliphatic heterocycles. The third-order valence-electron chi connectivity index (χ3n) is 3.06. The Morgan fingerprint density at radius 2 is 1.95 bits per heavy atom. The molecule has 0 aromatic heterocycles. The van der Waals surface area contributed by atoms with E-state index in [0.717, 1.165) is 18.4 Å². The summed E-state index contributed by atoms with van der Waals surface area (Å²) in [6.07, 6.45) is 0.714. The number of aryl methyl sites for hydroxylation is 1. The zero-order valence-electron chi connectivity index (χ0n) is 13.0. The molecular formula is C16H25NO4. The third kappa shape index (κ3) is 7.11. The van der Waals surface area contributed by atoms with Gasteiger partial charge in [0.2, 0.25) is 0 Å². The molecule has 1 rings (SSSR count). The van der Waals surface area contributed by atoms with Gasteiger partial charge in [-0.1, -0.05) is 12.1 Å². The molecule has 0 saturated heterocycles. The van der Waals surface area contributed by atoms with Gasteiger partial charge in [-0.2, -0.15) is 0 Å². The lowest BCUT2D eigenvalue weighted by atomic mass is 10.1. The van der Waals surface area contributed by atoms with E-state index in [1.54, 1.807) is 21.0 Å². The standard InChI is InChI=1S/C16H25NO4/c1-12(18)4-5-14-6-8-15(9-7-14)21-13(2)16(19)17-10-11-20-3/h6-9,12-13,18H,4-5,10-11H2,1-3H3,(H,17,19). The molecule has 5 nitrogen and oxygen atoms in total. The van der Waals surface area contributed by atoms with Crippen molar-refractivity contribution in [2.75, 3.05) is 20.3 Å². The molecule has 0 radical (unpaired) electrons. The molecule has 0 spiro atoms. The minimum Gasteiger partial charge on any atom is -0.481 e. The van der Waals surface area contributed by atoms with Crippen LogP contribution in [0.3, 0.4) is 0 Å². The van der Waals surface area contributed by atoms with Crippen molar-refractivity contribution in [3.05, 3.63) is 29.8 Å². The van der Waals surface area contributed by atoms with Gasteiger partial charge < -0.3 is 19.9 Å². The Hall–Kier alpha value is -1.59. The molecule has 2 atom stereocenters. The summed E-state index contributed by atoms with van der Waals surface area (Å²) in [6, 6.07) is 7.59. The molecule has 21 heavy (non-hydrogen) atoms. The molecule has 2 N–H and O–H groups in total. The zero-order valence-corrected chi connectivity index (χ0v) is 13.0. The summed E-state index contributed by atoms with van der Waals surface area (Å²) in [5.74, 6) is 0.496. The molecule has 0 aliphatic carbocycles. The summed E-state index contributed by atoms with van der Waals surface area (Å²) in [5, 5.41) is 12.0. The number of hydrogen-bond donors (Lipinski definition) is 2. The van der Waals surface area contributed by atoms with Gasteiger partial charge >= 0.3 is 0 Å². The second kappa shape index (κ2) is 9.37. The number of carbonyl (C=O) groups is 1. The van der Waals surface area contributed by atoms with E-state index >= 15 is 0 Å². The number of aliphatic hydroxyl groups is 1. The molecule has 2 unspecified atom stereocenters. The molecular weight excluding hydrogens is 270 g/mol. The van der Waals surface area contributed by atoms with Crippen LogP contribution in [0.25, 0.3) is 0 Å². The van der Waals surface area contributed by atoms with E-state index in [-0.39, 0.29) is 12.0 Å². The summed E-state index contributed by atoms with van der Waals surface area (Å²) >= 11 is 0. The van der Waals surface area contributed by atoms with Gasteiger partial charge in [0.05, 0.1) is 12.7 Å². The normalized spacial score (nSPS) is 13.5. The van der Waals surface area contributed by atoms with Crippen LogP contribution in [0.1, 0.15) is 25.8 Å². The molecule has 1 aromatic rings. The Kier molecular flexibility index (Phi) is 7.79. The highest BCUT2D eigenvalue weighted by atomic mass is 16.5. The van der Waals surface area contributed by atoms with Gasteiger partial charge in [-0.3, -0.25) is 4.79 Å². The maximum Gasteiger partial charge on any atom is 0.260 e. The van der Waals surface area contributed by atoms with Crippen LogP contribution in [0.5, 0.6) is 5.75 Å². The van der Waals surface area contributed by atoms with Crippen LogP contribution in [-0.2, 0) is 16.0 Å². The summed E-state index contributed by atoms with van der Waals surface area (Å²) in [7, 11) is 1.59. The predicted octanol–water partition coefficient (Wildman–Crippen LogP) is 1.53. The first-order valence-electron chi connectivity index (χ1n) is 7.23. The van der Waals surface area contributed by atoms with Crippen LogP contribution in [0.4, 0.5) is 0 Å². The minimum atomic E-state index is -0.551. The van der Waals surface area contributed by atoms with Gasteiger partial charge in [0.15, 0.2) is 6.10 Å². The smallest absolute Gasteiger partial charge is 0.260 e. The van der Waals surface area contributed by atoms with E-state index in [2.05, 4.69) is 5.32 Å². The highest BCUT2D eigenvalue weighted by Crippen LogP contribution is 2.15. The fraction of sp³-hybridized carbons (Fsp3) is 0.562. The summed E-state index contributed by atoms with van der Waals surface area (Å²) in [4.78, 5) is 11.7. The Labute approximate surface area is 126 Å². The van der Waals surface area contributed by atoms with Crippen LogP contribution < -0.4 is 10.1 Å². The zero-order chi connectivity index (χ0) is 15.7. The number of hydrogen-bond acceptors (Lipinski definition) is 4. The summed E-state index contributed by atoms with van der Waals surface area (Å²) in [6.45, 7) is 4.45. The molecule has 1 amide bonds. The quantitative estimate of drug-likeness (QED) is 0.678. The van der Waals surface area contributed by atoms with Crippen molar-refractivity contribution in [3.8, 4) is 5.75 Å². The molecule has 5 heteroatoms. The van der Waals surface area contributed by atoms with E-state index < -0.39 is 6.10 Å². The van der Waals surface area contributed by atoms with E-state index in [0.29, 0.717) is 18.9 Å². The Balaban J connectivity index is 2.41. The van der Waals surface area contributed by atoms with Gasteiger partial charge in [-0.15, -0.1) is 0 Å². The predicted molar refractivity (Wildman–Crippen MR) is 81.4 cm³/mol. The van der Waals surface area contributed by atoms with Crippen molar-refractivity contribution in [1.29, 1.82) is 0 Å². The maximum atomic E-state index is 11.7. The minimum absolute atomic E-state index is 0.162. The van der Waals surface area contributed by atoms with Crippen LogP contribution in [0.2, 0.25) is 0 Å². The van der Waals surface area contributed by atoms with Gasteiger partial charge in [-0.05, 0) is 44.4 Å². The molecule has 0 heterocycles. The number of aliphatic hydroxyl groups excluding tert-OH is 1. The van der Waals surface area contributed by atoms with E-state index in [1.165, 1.54) is 0 Å². The van der Waals surface area contributed by atoms with Crippen LogP contribution in [0.15, 0.2) is 24.3 Å². The fourth-order valence-corrected chi connectivity index (χ4v) is 1.79. The van der Waals surface area contributed by atoms with E-state index in [4.69, 9.17) is 9.47 Å². The maximum absolute atomic E-state index is 11.7. The van der Waals surface area contributed by atoms with Gasteiger partial charge in [0, 0.05) is 13.7 Å². The molecule has 118 valence electrons. The van der Waals surface area contributed by atoms with E-state index in [9.17, 15) is 9.90 Å². The Bertz CT molecular complexity index is 417. The van der Waals surface area contributed by atoms with Crippen molar-refractivity contribution >= 4 is 5.91 Å². The summed E-state index contributed by atoms with van der Waals surface area (Å²) < 4.78 is 10.5. The number of carbonyl (C=O) groups excluding carboxylic acids is 1. The fourth-order valence-electron chi connectivity index (χ4n) is 1.79. The number of ether oxygens (including phenoxy) is 2. The molecule has 1 aromatic carbocycles. The SMILES string of the molecule is COCCNC(=O)C(C)Oc1ccc(CCC(C)O)cc1. The highest BCUT2D eigenvalue weighted by Gasteiger charge is 2.13. The monoisotopic (exact) mass is 295 g/mol. The topological polar surface area (TPSA) is 67.8 Å². The van der Waals surface area contributed by atoms with Crippen molar-refractivity contribution in [2.24, 2.45) is 0 Å². The van der Waals surface area contributed by atoms with E-state index in [1.807, 2.05) is 24.3 Å². The van der Waals surface area contributed by atoms with Gasteiger partial charge in [0.25, 0.3) is 5.91 Å². The van der Waals surface area contributed by atoms with Crippen LogP contribution in [-0.4, -0.2) is 43.5 Å². The van der Waals surface area contributed by atoms with Crippen molar-refractivity contribution < 1.29 is 19.4 Å². The van der Waals surface area contributed by atoms with Crippen molar-refractivity contribution in [1.82, 2.24) is 5.32 Å². The van der Waals surface area contributed by atoms with Gasteiger partial charge in [-0.25, -0.2) is 0 Å². The molecule has 0 bridgehead atoms. The number of methoxy groups -OCH3 is 1. The number of amides is 1. The second-order valence-corrected chi connectivity index (χ2v) is 5.08. The number of nitrogens with one attached hydrogen (secondary N) is 1. The Morgan fingerprint density at radius 1 is 1.29 bits per heavy atom. The molecule has 0 aliphatic rings. The van der Waals surface area contributed by atoms with Gasteiger partial charge in [0.1, 0.15) is 5.75 Å². The first-order chi connectivity index (χ1) is 10.0. The first-order valence-corrected chi connectivity index (χ1v) is 7.23.